The number of likely N-dealkylation sites (tertiary alicyclic amines) is 1. The van der Waals surface area contributed by atoms with Crippen molar-refractivity contribution < 1.29 is 28.9 Å². The molecule has 0 radical (unpaired) electrons. The molecule has 1 fully saturated rings. The van der Waals surface area contributed by atoms with Crippen molar-refractivity contribution in [1.82, 2.24) is 4.90 Å². The molecule has 2 aromatic carbocycles. The zero-order valence-corrected chi connectivity index (χ0v) is 16.2. The van der Waals surface area contributed by atoms with Gasteiger partial charge in [-0.05, 0) is 36.2 Å². The molecule has 2 aliphatic heterocycles. The van der Waals surface area contributed by atoms with Gasteiger partial charge in [-0.1, -0.05) is 24.3 Å². The second-order valence-electron chi connectivity index (χ2n) is 6.91. The van der Waals surface area contributed by atoms with Gasteiger partial charge >= 0.3 is 0 Å². The third-order valence-corrected chi connectivity index (χ3v) is 5.21. The van der Waals surface area contributed by atoms with Crippen molar-refractivity contribution in [2.24, 2.45) is 0 Å². The van der Waals surface area contributed by atoms with Crippen LogP contribution >= 0.6 is 0 Å². The van der Waals surface area contributed by atoms with E-state index >= 15 is 0 Å². The molecule has 2 heterocycles. The van der Waals surface area contributed by atoms with Crippen molar-refractivity contribution in [1.29, 1.82) is 0 Å². The Labute approximate surface area is 168 Å². The smallest absolute Gasteiger partial charge is 0.295 e. The lowest BCUT2D eigenvalue weighted by atomic mass is 9.92. The van der Waals surface area contributed by atoms with Crippen LogP contribution in [0.25, 0.3) is 5.76 Å². The summed E-state index contributed by atoms with van der Waals surface area (Å²) in [5.41, 5.74) is 2.14. The number of aryl methyl sites for hydroxylation is 1. The summed E-state index contributed by atoms with van der Waals surface area (Å²) in [7, 11) is 1.53. The minimum absolute atomic E-state index is 0.0549. The summed E-state index contributed by atoms with van der Waals surface area (Å²) < 4.78 is 15.8. The molecule has 0 aliphatic carbocycles. The number of hydrogen-bond donors (Lipinski definition) is 1. The molecule has 0 aromatic heterocycles. The van der Waals surface area contributed by atoms with E-state index in [0.29, 0.717) is 17.1 Å². The molecule has 2 aliphatic rings. The number of benzene rings is 2. The number of aliphatic hydroxyl groups excluding tert-OH is 1. The molecule has 0 spiro atoms. The molecule has 0 bridgehead atoms. The Morgan fingerprint density at radius 3 is 2.69 bits per heavy atom. The molecule has 7 heteroatoms. The Hall–Kier alpha value is -3.32. The molecule has 0 saturated carbocycles. The number of fused-ring (bicyclic) bond motifs is 1. The molecule has 1 amide bonds. The van der Waals surface area contributed by atoms with E-state index in [1.807, 2.05) is 31.2 Å². The predicted octanol–water partition coefficient (Wildman–Crippen LogP) is 2.79. The number of nitrogens with zero attached hydrogens (tertiary/aromatic N) is 1. The second-order valence-corrected chi connectivity index (χ2v) is 6.91. The monoisotopic (exact) mass is 395 g/mol. The van der Waals surface area contributed by atoms with Gasteiger partial charge in [0.25, 0.3) is 11.7 Å². The van der Waals surface area contributed by atoms with Crippen molar-refractivity contribution in [2.75, 3.05) is 27.1 Å². The van der Waals surface area contributed by atoms with Gasteiger partial charge in [0.15, 0.2) is 11.5 Å². The molecule has 1 N–H and O–H groups in total. The Morgan fingerprint density at radius 2 is 1.93 bits per heavy atom. The Balaban J connectivity index is 1.86. The summed E-state index contributed by atoms with van der Waals surface area (Å²) >= 11 is 0. The van der Waals surface area contributed by atoms with Crippen LogP contribution in [0.2, 0.25) is 0 Å². The number of ether oxygens (including phenoxy) is 3. The third-order valence-electron chi connectivity index (χ3n) is 5.21. The largest absolute Gasteiger partial charge is 0.507 e. The molecule has 1 unspecified atom stereocenters. The van der Waals surface area contributed by atoms with Crippen LogP contribution in [0.5, 0.6) is 11.5 Å². The van der Waals surface area contributed by atoms with Crippen LogP contribution in [-0.2, 0) is 14.3 Å². The molecule has 1 atom stereocenters. The van der Waals surface area contributed by atoms with Gasteiger partial charge in [0, 0.05) is 19.2 Å². The van der Waals surface area contributed by atoms with Crippen LogP contribution in [0.15, 0.2) is 48.0 Å². The summed E-state index contributed by atoms with van der Waals surface area (Å²) in [6.07, 6.45) is 0. The zero-order valence-electron chi connectivity index (χ0n) is 16.2. The number of ketones is 1. The quantitative estimate of drug-likeness (QED) is 0.476. The topological polar surface area (TPSA) is 85.3 Å². The van der Waals surface area contributed by atoms with Crippen molar-refractivity contribution in [3.8, 4) is 11.5 Å². The number of Topliss-reactive ketones (excluding diaryl/α,β-unsaturated/α-hetero) is 1. The highest BCUT2D eigenvalue weighted by Crippen LogP contribution is 2.42. The number of rotatable bonds is 5. The first-order chi connectivity index (χ1) is 14.0. The first kappa shape index (κ1) is 19.0. The van der Waals surface area contributed by atoms with Crippen molar-refractivity contribution in [3.05, 3.63) is 64.7 Å². The maximum absolute atomic E-state index is 12.9. The van der Waals surface area contributed by atoms with Gasteiger partial charge in [-0.15, -0.1) is 0 Å². The second kappa shape index (κ2) is 7.60. The molecular formula is C22H21NO6. The fraction of sp³-hybridized carbons (Fsp3) is 0.273. The van der Waals surface area contributed by atoms with Crippen molar-refractivity contribution in [2.45, 2.75) is 13.0 Å². The summed E-state index contributed by atoms with van der Waals surface area (Å²) in [5, 5.41) is 11.1. The molecule has 1 saturated heterocycles. The standard InChI is InChI=1S/C22H21NO6/c1-13-5-3-4-6-15(13)19-18(21(25)22(26)23(19)9-10-27-2)20(24)14-7-8-16-17(11-14)29-12-28-16/h3-8,11,19,24H,9-10,12H2,1-2H3/b20-18+. The predicted molar refractivity (Wildman–Crippen MR) is 105 cm³/mol. The van der Waals surface area contributed by atoms with Gasteiger partial charge in [-0.3, -0.25) is 9.59 Å². The van der Waals surface area contributed by atoms with Crippen LogP contribution in [0.1, 0.15) is 22.7 Å². The fourth-order valence-electron chi connectivity index (χ4n) is 3.72. The van der Waals surface area contributed by atoms with E-state index in [1.165, 1.54) is 12.0 Å². The van der Waals surface area contributed by atoms with Crippen LogP contribution in [-0.4, -0.2) is 48.8 Å². The number of aliphatic hydroxyl groups is 1. The van der Waals surface area contributed by atoms with Gasteiger partial charge in [-0.25, -0.2) is 0 Å². The SMILES string of the molecule is COCCN1C(=O)C(=O)/C(=C(/O)c2ccc3c(c2)OCO3)C1c1ccccc1C. The number of carbonyl (C=O) groups excluding carboxylic acids is 2. The maximum Gasteiger partial charge on any atom is 0.295 e. The number of methoxy groups -OCH3 is 1. The molecule has 150 valence electrons. The van der Waals surface area contributed by atoms with Gasteiger partial charge < -0.3 is 24.2 Å². The normalized spacial score (nSPS) is 19.8. The van der Waals surface area contributed by atoms with E-state index in [9.17, 15) is 14.7 Å². The highest BCUT2D eigenvalue weighted by Gasteiger charge is 2.46. The molecule has 29 heavy (non-hydrogen) atoms. The minimum Gasteiger partial charge on any atom is -0.507 e. The van der Waals surface area contributed by atoms with Crippen LogP contribution in [0.4, 0.5) is 0 Å². The Morgan fingerprint density at radius 1 is 1.17 bits per heavy atom. The summed E-state index contributed by atoms with van der Waals surface area (Å²) in [4.78, 5) is 27.1. The average Bonchev–Trinajstić information content (AvgIpc) is 3.29. The summed E-state index contributed by atoms with van der Waals surface area (Å²) in [6.45, 7) is 2.52. The highest BCUT2D eigenvalue weighted by molar-refractivity contribution is 6.46. The molecule has 7 nitrogen and oxygen atoms in total. The van der Waals surface area contributed by atoms with E-state index < -0.39 is 17.7 Å². The highest BCUT2D eigenvalue weighted by atomic mass is 16.7. The van der Waals surface area contributed by atoms with E-state index in [1.54, 1.807) is 18.2 Å². The lowest BCUT2D eigenvalue weighted by Crippen LogP contribution is -2.32. The minimum atomic E-state index is -0.718. The van der Waals surface area contributed by atoms with Crippen molar-refractivity contribution >= 4 is 17.4 Å². The van der Waals surface area contributed by atoms with E-state index in [2.05, 4.69) is 0 Å². The summed E-state index contributed by atoms with van der Waals surface area (Å²) in [5.74, 6) is -0.565. The molecular weight excluding hydrogens is 374 g/mol. The van der Waals surface area contributed by atoms with Crippen molar-refractivity contribution in [3.63, 3.8) is 0 Å². The zero-order chi connectivity index (χ0) is 20.5. The number of hydrogen-bond acceptors (Lipinski definition) is 6. The fourth-order valence-corrected chi connectivity index (χ4v) is 3.72. The van der Waals surface area contributed by atoms with E-state index in [0.717, 1.165) is 11.1 Å². The lowest BCUT2D eigenvalue weighted by Gasteiger charge is -2.26. The Bertz CT molecular complexity index is 1010. The molecule has 4 rings (SSSR count). The van der Waals surface area contributed by atoms with E-state index in [-0.39, 0.29) is 31.3 Å². The number of amides is 1. The van der Waals surface area contributed by atoms with Gasteiger partial charge in [-0.2, -0.15) is 0 Å². The average molecular weight is 395 g/mol. The van der Waals surface area contributed by atoms with Gasteiger partial charge in [0.1, 0.15) is 5.76 Å². The van der Waals surface area contributed by atoms with Gasteiger partial charge in [0.2, 0.25) is 6.79 Å². The lowest BCUT2D eigenvalue weighted by molar-refractivity contribution is -0.140. The maximum atomic E-state index is 12.9. The number of carbonyl (C=O) groups is 2. The molecule has 2 aromatic rings. The summed E-state index contributed by atoms with van der Waals surface area (Å²) in [6, 6.07) is 11.7. The first-order valence-electron chi connectivity index (χ1n) is 9.26. The van der Waals surface area contributed by atoms with Crippen LogP contribution in [0, 0.1) is 6.92 Å². The third kappa shape index (κ3) is 3.23. The van der Waals surface area contributed by atoms with Crippen LogP contribution < -0.4 is 9.47 Å². The van der Waals surface area contributed by atoms with E-state index in [4.69, 9.17) is 14.2 Å². The van der Waals surface area contributed by atoms with Crippen LogP contribution in [0.3, 0.4) is 0 Å². The Kier molecular flexibility index (Phi) is 4.98. The van der Waals surface area contributed by atoms with Gasteiger partial charge in [0.05, 0.1) is 18.2 Å². The first-order valence-corrected chi connectivity index (χ1v) is 9.26.